The third-order valence-electron chi connectivity index (χ3n) is 4.94. The molecule has 0 bridgehead atoms. The van der Waals surface area contributed by atoms with Gasteiger partial charge in [0.15, 0.2) is 0 Å². The zero-order valence-electron chi connectivity index (χ0n) is 16.0. The summed E-state index contributed by atoms with van der Waals surface area (Å²) >= 11 is 0. The van der Waals surface area contributed by atoms with Gasteiger partial charge in [0.1, 0.15) is 0 Å². The van der Waals surface area contributed by atoms with Crippen LogP contribution in [0.3, 0.4) is 0 Å². The highest BCUT2D eigenvalue weighted by Crippen LogP contribution is 2.23. The number of rotatable bonds is 5. The third kappa shape index (κ3) is 4.53. The molecule has 25 heavy (non-hydrogen) atoms. The second kappa shape index (κ2) is 8.88. The number of carbonyl (C=O) groups excluding carboxylic acids is 2. The molecule has 0 radical (unpaired) electrons. The lowest BCUT2D eigenvalue weighted by molar-refractivity contribution is -0.152. The minimum absolute atomic E-state index is 0.344. The van der Waals surface area contributed by atoms with Gasteiger partial charge in [-0.25, -0.2) is 0 Å². The molecule has 1 aromatic carbocycles. The summed E-state index contributed by atoms with van der Waals surface area (Å²) in [5.74, 6) is -0.689. The maximum atomic E-state index is 12.6. The maximum absolute atomic E-state index is 12.6. The van der Waals surface area contributed by atoms with Crippen molar-refractivity contribution >= 4 is 17.5 Å². The predicted molar refractivity (Wildman–Crippen MR) is 102 cm³/mol. The summed E-state index contributed by atoms with van der Waals surface area (Å²) in [6, 6.07) is 6.33. The number of hydrogen-bond donors (Lipinski definition) is 0. The molecule has 0 aliphatic carbocycles. The van der Waals surface area contributed by atoms with E-state index in [1.807, 2.05) is 13.8 Å². The van der Waals surface area contributed by atoms with Crippen LogP contribution in [0.5, 0.6) is 0 Å². The van der Waals surface area contributed by atoms with Gasteiger partial charge in [-0.2, -0.15) is 0 Å². The van der Waals surface area contributed by atoms with Crippen LogP contribution in [-0.4, -0.2) is 60.9 Å². The normalized spacial score (nSPS) is 14.6. The molecule has 1 heterocycles. The number of aryl methyl sites for hydroxylation is 1. The van der Waals surface area contributed by atoms with Gasteiger partial charge in [-0.15, -0.1) is 0 Å². The zero-order valence-corrected chi connectivity index (χ0v) is 16.0. The van der Waals surface area contributed by atoms with Crippen LogP contribution in [0.25, 0.3) is 0 Å². The molecule has 2 amide bonds. The van der Waals surface area contributed by atoms with Crippen LogP contribution in [0.4, 0.5) is 5.69 Å². The molecule has 0 saturated carbocycles. The Balaban J connectivity index is 1.98. The fourth-order valence-electron chi connectivity index (χ4n) is 3.35. The lowest BCUT2D eigenvalue weighted by Gasteiger charge is -2.37. The van der Waals surface area contributed by atoms with Crippen molar-refractivity contribution in [3.63, 3.8) is 0 Å². The van der Waals surface area contributed by atoms with Crippen molar-refractivity contribution in [1.29, 1.82) is 0 Å². The van der Waals surface area contributed by atoms with Crippen LogP contribution in [0.15, 0.2) is 18.2 Å². The number of nitrogens with zero attached hydrogens (tertiary/aromatic N) is 3. The molecule has 0 N–H and O–H groups in total. The van der Waals surface area contributed by atoms with Gasteiger partial charge in [0, 0.05) is 45.0 Å². The molecule has 0 unspecified atom stereocenters. The molecule has 1 fully saturated rings. The second-order valence-corrected chi connectivity index (χ2v) is 6.79. The Morgan fingerprint density at radius 3 is 2.16 bits per heavy atom. The van der Waals surface area contributed by atoms with E-state index in [4.69, 9.17) is 0 Å². The van der Waals surface area contributed by atoms with Gasteiger partial charge in [-0.05, 0) is 43.9 Å². The monoisotopic (exact) mass is 345 g/mol. The van der Waals surface area contributed by atoms with E-state index >= 15 is 0 Å². The van der Waals surface area contributed by atoms with Crippen LogP contribution < -0.4 is 4.90 Å². The largest absolute Gasteiger partial charge is 0.368 e. The molecule has 5 heteroatoms. The Kier molecular flexibility index (Phi) is 6.85. The molecular formula is C20H31N3O2. The first kappa shape index (κ1) is 19.3. The summed E-state index contributed by atoms with van der Waals surface area (Å²) in [6.45, 7) is 12.4. The molecule has 5 nitrogen and oxygen atoms in total. The second-order valence-electron chi connectivity index (χ2n) is 6.79. The van der Waals surface area contributed by atoms with Crippen LogP contribution in [0.2, 0.25) is 0 Å². The van der Waals surface area contributed by atoms with Crippen LogP contribution in [-0.2, 0) is 9.59 Å². The smallest absolute Gasteiger partial charge is 0.312 e. The van der Waals surface area contributed by atoms with Crippen LogP contribution in [0, 0.1) is 13.8 Å². The number of carbonyl (C=O) groups is 2. The van der Waals surface area contributed by atoms with E-state index in [0.717, 1.165) is 25.9 Å². The number of anilines is 1. The Hall–Kier alpha value is -2.04. The first-order valence-electron chi connectivity index (χ1n) is 9.38. The third-order valence-corrected chi connectivity index (χ3v) is 4.94. The van der Waals surface area contributed by atoms with Gasteiger partial charge < -0.3 is 14.7 Å². The highest BCUT2D eigenvalue weighted by atomic mass is 16.2. The SMILES string of the molecule is CCCN(CCC)C(=O)C(=O)N1CCN(c2cccc(C)c2C)CC1. The molecule has 0 spiro atoms. The van der Waals surface area contributed by atoms with Crippen molar-refractivity contribution < 1.29 is 9.59 Å². The summed E-state index contributed by atoms with van der Waals surface area (Å²) < 4.78 is 0. The van der Waals surface area contributed by atoms with E-state index in [1.165, 1.54) is 16.8 Å². The summed E-state index contributed by atoms with van der Waals surface area (Å²) in [6.07, 6.45) is 1.75. The van der Waals surface area contributed by atoms with Crippen molar-refractivity contribution in [3.05, 3.63) is 29.3 Å². The van der Waals surface area contributed by atoms with Crippen molar-refractivity contribution in [2.75, 3.05) is 44.2 Å². The van der Waals surface area contributed by atoms with Gasteiger partial charge in [0.2, 0.25) is 0 Å². The molecule has 138 valence electrons. The number of piperazine rings is 1. The lowest BCUT2D eigenvalue weighted by atomic mass is 10.1. The average Bonchev–Trinajstić information content (AvgIpc) is 2.63. The van der Waals surface area contributed by atoms with E-state index in [9.17, 15) is 9.59 Å². The predicted octanol–water partition coefficient (Wildman–Crippen LogP) is 2.60. The van der Waals surface area contributed by atoms with Crippen LogP contribution in [0.1, 0.15) is 37.8 Å². The molecule has 1 saturated heterocycles. The Bertz CT molecular complexity index is 601. The summed E-state index contributed by atoms with van der Waals surface area (Å²) in [7, 11) is 0. The Morgan fingerprint density at radius 2 is 1.60 bits per heavy atom. The minimum atomic E-state index is -0.345. The van der Waals surface area contributed by atoms with Crippen molar-refractivity contribution in [2.45, 2.75) is 40.5 Å². The van der Waals surface area contributed by atoms with Crippen molar-refractivity contribution in [3.8, 4) is 0 Å². The quantitative estimate of drug-likeness (QED) is 0.771. The summed E-state index contributed by atoms with van der Waals surface area (Å²) in [4.78, 5) is 30.8. The van der Waals surface area contributed by atoms with E-state index in [0.29, 0.717) is 26.2 Å². The molecule has 1 aliphatic rings. The van der Waals surface area contributed by atoms with Gasteiger partial charge in [0.25, 0.3) is 0 Å². The minimum Gasteiger partial charge on any atom is -0.368 e. The van der Waals surface area contributed by atoms with Gasteiger partial charge in [-0.1, -0.05) is 26.0 Å². The maximum Gasteiger partial charge on any atom is 0.312 e. The molecule has 1 aromatic rings. The molecular weight excluding hydrogens is 314 g/mol. The Morgan fingerprint density at radius 1 is 1.00 bits per heavy atom. The van der Waals surface area contributed by atoms with E-state index in [-0.39, 0.29) is 11.8 Å². The number of amides is 2. The topological polar surface area (TPSA) is 43.9 Å². The van der Waals surface area contributed by atoms with Gasteiger partial charge in [-0.3, -0.25) is 9.59 Å². The van der Waals surface area contributed by atoms with Crippen molar-refractivity contribution in [1.82, 2.24) is 9.80 Å². The van der Waals surface area contributed by atoms with E-state index < -0.39 is 0 Å². The first-order chi connectivity index (χ1) is 12.0. The highest BCUT2D eigenvalue weighted by molar-refractivity contribution is 6.34. The number of benzene rings is 1. The van der Waals surface area contributed by atoms with Gasteiger partial charge >= 0.3 is 11.8 Å². The van der Waals surface area contributed by atoms with E-state index in [1.54, 1.807) is 9.80 Å². The lowest BCUT2D eigenvalue weighted by Crippen LogP contribution is -2.53. The molecule has 2 rings (SSSR count). The molecule has 1 aliphatic heterocycles. The zero-order chi connectivity index (χ0) is 18.4. The highest BCUT2D eigenvalue weighted by Gasteiger charge is 2.29. The summed E-state index contributed by atoms with van der Waals surface area (Å²) in [5.41, 5.74) is 3.80. The molecule has 0 aromatic heterocycles. The van der Waals surface area contributed by atoms with Gasteiger partial charge in [0.05, 0.1) is 0 Å². The number of hydrogen-bond acceptors (Lipinski definition) is 3. The fourth-order valence-corrected chi connectivity index (χ4v) is 3.35. The standard InChI is InChI=1S/C20H31N3O2/c1-5-10-22(11-6-2)19(24)20(25)23-14-12-21(13-15-23)18-9-7-8-16(3)17(18)4/h7-9H,5-6,10-15H2,1-4H3. The Labute approximate surface area is 151 Å². The summed E-state index contributed by atoms with van der Waals surface area (Å²) in [5, 5.41) is 0. The van der Waals surface area contributed by atoms with Crippen LogP contribution >= 0.6 is 0 Å². The fraction of sp³-hybridized carbons (Fsp3) is 0.600. The first-order valence-corrected chi connectivity index (χ1v) is 9.38. The van der Waals surface area contributed by atoms with Crippen molar-refractivity contribution in [2.24, 2.45) is 0 Å². The molecule has 0 atom stereocenters. The van der Waals surface area contributed by atoms with E-state index in [2.05, 4.69) is 36.9 Å². The average molecular weight is 345 g/mol.